The predicted octanol–water partition coefficient (Wildman–Crippen LogP) is 3.25. The third kappa shape index (κ3) is 2.38. The molecule has 7 heteroatoms. The Kier molecular flexibility index (Phi) is 2.94. The van der Waals surface area contributed by atoms with Crippen molar-refractivity contribution in [3.63, 3.8) is 0 Å². The van der Waals surface area contributed by atoms with Crippen molar-refractivity contribution in [2.24, 2.45) is 0 Å². The van der Waals surface area contributed by atoms with Gasteiger partial charge in [-0.3, -0.25) is 0 Å². The molecule has 1 aromatic heterocycles. The van der Waals surface area contributed by atoms with E-state index in [-0.39, 0.29) is 22.8 Å². The molecule has 2 aromatic rings. The number of halogens is 3. The summed E-state index contributed by atoms with van der Waals surface area (Å²) in [6.07, 6.45) is -3.58. The van der Waals surface area contributed by atoms with Crippen LogP contribution in [0.5, 0.6) is 5.75 Å². The summed E-state index contributed by atoms with van der Waals surface area (Å²) in [4.78, 5) is 3.74. The molecule has 4 nitrogen and oxygen atoms in total. The Morgan fingerprint density at radius 2 is 2.05 bits per heavy atom. The number of nitriles is 1. The van der Waals surface area contributed by atoms with Crippen molar-refractivity contribution in [2.75, 3.05) is 0 Å². The number of aromatic hydroxyl groups is 1. The van der Waals surface area contributed by atoms with Crippen LogP contribution in [0.3, 0.4) is 0 Å². The fraction of sp³-hybridized carbons (Fsp3) is 0.167. The third-order valence-corrected chi connectivity index (χ3v) is 2.43. The number of aryl methyl sites for hydroxylation is 1. The van der Waals surface area contributed by atoms with Crippen LogP contribution >= 0.6 is 0 Å². The highest BCUT2D eigenvalue weighted by atomic mass is 19.4. The van der Waals surface area contributed by atoms with Crippen LogP contribution in [0.1, 0.15) is 17.0 Å². The van der Waals surface area contributed by atoms with Gasteiger partial charge in [0.15, 0.2) is 11.7 Å². The van der Waals surface area contributed by atoms with E-state index < -0.39 is 17.5 Å². The highest BCUT2D eigenvalue weighted by Gasteiger charge is 2.36. The molecule has 1 N–H and O–H groups in total. The molecule has 0 aliphatic heterocycles. The first kappa shape index (κ1) is 13.0. The van der Waals surface area contributed by atoms with Gasteiger partial charge in [0.1, 0.15) is 5.75 Å². The van der Waals surface area contributed by atoms with Crippen molar-refractivity contribution in [2.45, 2.75) is 13.1 Å². The smallest absolute Gasteiger partial charge is 0.420 e. The number of nitrogens with zero attached hydrogens (tertiary/aromatic N) is 2. The number of hydrogen-bond acceptors (Lipinski definition) is 4. The lowest BCUT2D eigenvalue weighted by Crippen LogP contribution is -2.06. The molecule has 0 fully saturated rings. The maximum atomic E-state index is 12.8. The van der Waals surface area contributed by atoms with E-state index in [0.717, 1.165) is 6.07 Å². The van der Waals surface area contributed by atoms with Crippen LogP contribution in [0.25, 0.3) is 11.3 Å². The van der Waals surface area contributed by atoms with Gasteiger partial charge in [-0.1, -0.05) is 0 Å². The van der Waals surface area contributed by atoms with Gasteiger partial charge < -0.3 is 9.52 Å². The lowest BCUT2D eigenvalue weighted by Gasteiger charge is -2.11. The fourth-order valence-electron chi connectivity index (χ4n) is 1.59. The van der Waals surface area contributed by atoms with Crippen molar-refractivity contribution < 1.29 is 22.7 Å². The predicted molar refractivity (Wildman–Crippen MR) is 58.1 cm³/mol. The molecule has 0 aliphatic carbocycles. The molecule has 1 aromatic carbocycles. The zero-order valence-electron chi connectivity index (χ0n) is 9.62. The van der Waals surface area contributed by atoms with Crippen molar-refractivity contribution in [1.82, 2.24) is 4.98 Å². The van der Waals surface area contributed by atoms with E-state index in [1.54, 1.807) is 6.07 Å². The Labute approximate surface area is 105 Å². The minimum atomic E-state index is -4.76. The molecule has 1 heterocycles. The van der Waals surface area contributed by atoms with E-state index >= 15 is 0 Å². The molecule has 2 rings (SSSR count). The van der Waals surface area contributed by atoms with Crippen molar-refractivity contribution in [1.29, 1.82) is 5.26 Å². The highest BCUT2D eigenvalue weighted by molar-refractivity contribution is 5.69. The quantitative estimate of drug-likeness (QED) is 0.861. The summed E-state index contributed by atoms with van der Waals surface area (Å²) in [5, 5.41) is 18.4. The number of aromatic nitrogens is 1. The van der Waals surface area contributed by atoms with Crippen LogP contribution in [-0.2, 0) is 6.18 Å². The number of phenolic OH excluding ortho intramolecular Hbond substituents is 1. The van der Waals surface area contributed by atoms with Gasteiger partial charge in [-0.2, -0.15) is 18.4 Å². The SMILES string of the molecule is Cc1ncc(-c2cc(C#N)cc(C(F)(F)F)c2O)o1. The summed E-state index contributed by atoms with van der Waals surface area (Å²) < 4.78 is 43.3. The summed E-state index contributed by atoms with van der Waals surface area (Å²) in [6, 6.07) is 3.31. The van der Waals surface area contributed by atoms with E-state index in [0.29, 0.717) is 6.07 Å². The molecule has 0 aliphatic rings. The van der Waals surface area contributed by atoms with Gasteiger partial charge in [0.2, 0.25) is 0 Å². The average molecular weight is 268 g/mol. The number of oxazole rings is 1. The van der Waals surface area contributed by atoms with E-state index in [9.17, 15) is 18.3 Å². The molecule has 98 valence electrons. The topological polar surface area (TPSA) is 70.0 Å². The second-order valence-corrected chi connectivity index (χ2v) is 3.77. The maximum absolute atomic E-state index is 12.8. The Hall–Kier alpha value is -2.49. The minimum Gasteiger partial charge on any atom is -0.507 e. The number of phenols is 1. The number of rotatable bonds is 1. The van der Waals surface area contributed by atoms with E-state index in [4.69, 9.17) is 9.68 Å². The zero-order valence-corrected chi connectivity index (χ0v) is 9.62. The highest BCUT2D eigenvalue weighted by Crippen LogP contribution is 2.42. The van der Waals surface area contributed by atoms with Crippen molar-refractivity contribution in [3.8, 4) is 23.1 Å². The molecule has 0 spiro atoms. The molecule has 0 amide bonds. The Morgan fingerprint density at radius 1 is 1.37 bits per heavy atom. The van der Waals surface area contributed by atoms with Crippen LogP contribution in [0, 0.1) is 18.3 Å². The maximum Gasteiger partial charge on any atom is 0.420 e. The van der Waals surface area contributed by atoms with Gasteiger partial charge in [0.25, 0.3) is 0 Å². The number of hydrogen-bond donors (Lipinski definition) is 1. The Balaban J connectivity index is 2.71. The van der Waals surface area contributed by atoms with Crippen LogP contribution in [0.4, 0.5) is 13.2 Å². The van der Waals surface area contributed by atoms with Crippen LogP contribution in [0.15, 0.2) is 22.7 Å². The van der Waals surface area contributed by atoms with Crippen LogP contribution < -0.4 is 0 Å². The van der Waals surface area contributed by atoms with Crippen molar-refractivity contribution in [3.05, 3.63) is 35.3 Å². The summed E-state index contributed by atoms with van der Waals surface area (Å²) in [6.45, 7) is 1.51. The summed E-state index contributed by atoms with van der Waals surface area (Å²) in [5.74, 6) is -0.773. The first-order valence-electron chi connectivity index (χ1n) is 5.10. The second kappa shape index (κ2) is 4.31. The Morgan fingerprint density at radius 3 is 2.53 bits per heavy atom. The van der Waals surface area contributed by atoms with Gasteiger partial charge in [-0.25, -0.2) is 4.98 Å². The molecule has 0 atom stereocenters. The number of alkyl halides is 3. The largest absolute Gasteiger partial charge is 0.507 e. The molecule has 0 radical (unpaired) electrons. The first-order chi connectivity index (χ1) is 8.82. The summed E-state index contributed by atoms with van der Waals surface area (Å²) in [5.41, 5.74) is -1.73. The van der Waals surface area contributed by atoms with Crippen molar-refractivity contribution >= 4 is 0 Å². The molecular weight excluding hydrogens is 261 g/mol. The molecule has 0 unspecified atom stereocenters. The third-order valence-electron chi connectivity index (χ3n) is 2.43. The van der Waals surface area contributed by atoms with Crippen LogP contribution in [0.2, 0.25) is 0 Å². The molecular formula is C12H7F3N2O2. The monoisotopic (exact) mass is 268 g/mol. The van der Waals surface area contributed by atoms with E-state index in [1.807, 2.05) is 0 Å². The van der Waals surface area contributed by atoms with Gasteiger partial charge in [0.05, 0.1) is 29.0 Å². The summed E-state index contributed by atoms with van der Waals surface area (Å²) in [7, 11) is 0. The zero-order chi connectivity index (χ0) is 14.2. The second-order valence-electron chi connectivity index (χ2n) is 3.77. The van der Waals surface area contributed by atoms with Gasteiger partial charge >= 0.3 is 6.18 Å². The normalized spacial score (nSPS) is 11.3. The lowest BCUT2D eigenvalue weighted by molar-refractivity contribution is -0.138. The Bertz CT molecular complexity index is 669. The fourth-order valence-corrected chi connectivity index (χ4v) is 1.59. The molecule has 0 saturated carbocycles. The molecule has 0 bridgehead atoms. The molecule has 0 saturated heterocycles. The lowest BCUT2D eigenvalue weighted by atomic mass is 10.0. The van der Waals surface area contributed by atoms with Gasteiger partial charge in [0, 0.05) is 6.92 Å². The summed E-state index contributed by atoms with van der Waals surface area (Å²) >= 11 is 0. The molecule has 19 heavy (non-hydrogen) atoms. The van der Waals surface area contributed by atoms with Gasteiger partial charge in [-0.15, -0.1) is 0 Å². The number of benzene rings is 1. The van der Waals surface area contributed by atoms with Crippen LogP contribution in [-0.4, -0.2) is 10.1 Å². The van der Waals surface area contributed by atoms with Gasteiger partial charge in [-0.05, 0) is 12.1 Å². The van der Waals surface area contributed by atoms with E-state index in [1.165, 1.54) is 13.1 Å². The minimum absolute atomic E-state index is 0.0300. The van der Waals surface area contributed by atoms with E-state index in [2.05, 4.69) is 4.98 Å². The first-order valence-corrected chi connectivity index (χ1v) is 5.10. The average Bonchev–Trinajstić information content (AvgIpc) is 2.74. The standard InChI is InChI=1S/C12H7F3N2O2/c1-6-17-5-10(19-6)8-2-7(4-16)3-9(11(8)18)12(13,14)15/h2-3,5,18H,1H3.